The number of anilines is 3. The van der Waals surface area contributed by atoms with Gasteiger partial charge in [-0.3, -0.25) is 10.2 Å². The number of alkyl halides is 2. The number of hydrazine groups is 1. The number of hydrogen-bond acceptors (Lipinski definition) is 6. The van der Waals surface area contributed by atoms with Crippen LogP contribution in [0.2, 0.25) is 0 Å². The zero-order valence-electron chi connectivity index (χ0n) is 14.7. The van der Waals surface area contributed by atoms with Crippen LogP contribution in [0.5, 0.6) is 5.75 Å². The van der Waals surface area contributed by atoms with Crippen LogP contribution in [0, 0.1) is 5.21 Å². The van der Waals surface area contributed by atoms with E-state index in [1.165, 1.54) is 4.90 Å². The largest absolute Gasteiger partial charge is 0.607 e. The van der Waals surface area contributed by atoms with Crippen LogP contribution >= 0.6 is 0 Å². The van der Waals surface area contributed by atoms with Crippen LogP contribution in [-0.4, -0.2) is 36.5 Å². The highest BCUT2D eigenvalue weighted by Gasteiger charge is 2.40. The third-order valence-electron chi connectivity index (χ3n) is 5.17. The van der Waals surface area contributed by atoms with Gasteiger partial charge in [0.2, 0.25) is 0 Å². The van der Waals surface area contributed by atoms with E-state index < -0.39 is 18.4 Å². The van der Waals surface area contributed by atoms with Crippen molar-refractivity contribution >= 4 is 28.7 Å². The van der Waals surface area contributed by atoms with Crippen molar-refractivity contribution in [2.24, 2.45) is 0 Å². The number of ether oxygens (including phenoxy) is 1. The van der Waals surface area contributed by atoms with Crippen LogP contribution < -0.4 is 25.8 Å². The van der Waals surface area contributed by atoms with Crippen molar-refractivity contribution in [2.45, 2.75) is 12.3 Å². The number of rotatable bonds is 2. The summed E-state index contributed by atoms with van der Waals surface area (Å²) in [6, 6.07) is 10.3. The summed E-state index contributed by atoms with van der Waals surface area (Å²) in [6.45, 7) is -0.259. The Bertz CT molecular complexity index is 970. The minimum Gasteiger partial charge on any atom is -0.607 e. The molecule has 146 valence electrons. The minimum atomic E-state index is -2.82. The maximum atomic E-state index is 13.4. The number of fused-ring (bicyclic) bond motifs is 2. The predicted octanol–water partition coefficient (Wildman–Crippen LogP) is 1.52. The van der Waals surface area contributed by atoms with Gasteiger partial charge in [-0.15, -0.1) is 0 Å². The summed E-state index contributed by atoms with van der Waals surface area (Å²) < 4.78 is 32.5. The summed E-state index contributed by atoms with van der Waals surface area (Å²) in [4.78, 5) is 15.6. The number of amides is 1. The molecule has 0 saturated carbocycles. The molecule has 0 spiro atoms. The lowest BCUT2D eigenvalue weighted by molar-refractivity contribution is -0.818. The van der Waals surface area contributed by atoms with Gasteiger partial charge in [-0.05, 0) is 30.3 Å². The van der Waals surface area contributed by atoms with Gasteiger partial charge in [0.15, 0.2) is 12.4 Å². The average Bonchev–Trinajstić information content (AvgIpc) is 3.37. The number of quaternary nitrogens is 1. The monoisotopic (exact) mass is 389 g/mol. The van der Waals surface area contributed by atoms with E-state index in [0.29, 0.717) is 22.7 Å². The molecule has 2 aromatic rings. The first-order valence-corrected chi connectivity index (χ1v) is 8.83. The maximum absolute atomic E-state index is 13.4. The summed E-state index contributed by atoms with van der Waals surface area (Å²) in [5, 5.41) is 11.5. The van der Waals surface area contributed by atoms with Gasteiger partial charge in [-0.1, -0.05) is 5.53 Å². The highest BCUT2D eigenvalue weighted by Crippen LogP contribution is 2.41. The van der Waals surface area contributed by atoms with E-state index in [2.05, 4.69) is 11.0 Å². The fourth-order valence-corrected chi connectivity index (χ4v) is 3.69. The van der Waals surface area contributed by atoms with E-state index in [9.17, 15) is 18.8 Å². The van der Waals surface area contributed by atoms with Crippen LogP contribution in [0.4, 0.5) is 31.5 Å². The lowest BCUT2D eigenvalue weighted by Crippen LogP contribution is -3.08. The first-order valence-electron chi connectivity index (χ1n) is 8.83. The molecule has 1 unspecified atom stereocenters. The van der Waals surface area contributed by atoms with E-state index in [4.69, 9.17) is 4.74 Å². The molecule has 8 nitrogen and oxygen atoms in total. The molecule has 3 N–H and O–H groups in total. The van der Waals surface area contributed by atoms with Crippen molar-refractivity contribution in [2.75, 3.05) is 30.1 Å². The number of carbonyl (C=O) groups is 1. The smallest absolute Gasteiger partial charge is 0.267 e. The molecule has 0 radical (unpaired) electrons. The minimum absolute atomic E-state index is 0.0464. The topological polar surface area (TPSA) is 84.3 Å². The number of benzene rings is 2. The summed E-state index contributed by atoms with van der Waals surface area (Å²) in [5.74, 6) is -2.73. The first kappa shape index (κ1) is 17.2. The molecule has 2 aromatic carbocycles. The molecular formula is C18H17F2N5O3. The Morgan fingerprint density at radius 3 is 2.89 bits per heavy atom. The van der Waals surface area contributed by atoms with Crippen molar-refractivity contribution in [1.29, 1.82) is 0 Å². The first-order chi connectivity index (χ1) is 13.4. The van der Waals surface area contributed by atoms with E-state index in [0.717, 1.165) is 11.4 Å². The molecule has 28 heavy (non-hydrogen) atoms. The van der Waals surface area contributed by atoms with Crippen LogP contribution in [0.3, 0.4) is 0 Å². The number of likely N-dealkylation sites (tertiary alicyclic amines) is 1. The number of halogens is 2. The lowest BCUT2D eigenvalue weighted by atomic mass is 10.1. The van der Waals surface area contributed by atoms with Gasteiger partial charge in [0.25, 0.3) is 11.8 Å². The van der Waals surface area contributed by atoms with Crippen molar-refractivity contribution in [3.63, 3.8) is 0 Å². The van der Waals surface area contributed by atoms with Crippen LogP contribution in [0.15, 0.2) is 36.4 Å². The molecular weight excluding hydrogens is 372 g/mol. The lowest BCUT2D eigenvalue weighted by Gasteiger charge is -2.18. The highest BCUT2D eigenvalue weighted by atomic mass is 19.3. The molecule has 0 bridgehead atoms. The predicted molar refractivity (Wildman–Crippen MR) is 96.7 cm³/mol. The zero-order valence-corrected chi connectivity index (χ0v) is 14.7. The Hall–Kier alpha value is -2.95. The van der Waals surface area contributed by atoms with Gasteiger partial charge in [0, 0.05) is 30.3 Å². The normalized spacial score (nSPS) is 21.9. The van der Waals surface area contributed by atoms with E-state index >= 15 is 0 Å². The Balaban J connectivity index is 1.39. The Morgan fingerprint density at radius 2 is 2.11 bits per heavy atom. The summed E-state index contributed by atoms with van der Waals surface area (Å²) in [7, 11) is 0. The highest BCUT2D eigenvalue weighted by molar-refractivity contribution is 5.96. The third kappa shape index (κ3) is 2.73. The van der Waals surface area contributed by atoms with Crippen molar-refractivity contribution in [1.82, 2.24) is 10.4 Å². The van der Waals surface area contributed by atoms with Gasteiger partial charge < -0.3 is 19.7 Å². The van der Waals surface area contributed by atoms with Gasteiger partial charge in [0.05, 0.1) is 12.2 Å². The summed E-state index contributed by atoms with van der Waals surface area (Å²) >= 11 is 0. The number of nitrogens with one attached hydrogen (secondary N) is 3. The van der Waals surface area contributed by atoms with Gasteiger partial charge in [-0.25, -0.2) is 14.0 Å². The van der Waals surface area contributed by atoms with E-state index in [-0.39, 0.29) is 24.9 Å². The molecule has 0 aromatic heterocycles. The Kier molecular flexibility index (Phi) is 3.69. The fourth-order valence-electron chi connectivity index (χ4n) is 3.69. The second-order valence-corrected chi connectivity index (χ2v) is 7.03. The molecule has 3 aliphatic heterocycles. The molecule has 10 heteroatoms. The van der Waals surface area contributed by atoms with Crippen molar-refractivity contribution in [3.05, 3.63) is 47.2 Å². The molecule has 1 saturated heterocycles. The molecule has 1 amide bonds. The SMILES string of the molecule is O=C(c1ccc2c(c1)OCN2c1ccc2c(c1)NN[NH+]2[O-])N1CCC(F)(F)C1. The van der Waals surface area contributed by atoms with Gasteiger partial charge in [-0.2, -0.15) is 0 Å². The van der Waals surface area contributed by atoms with Crippen LogP contribution in [0.25, 0.3) is 0 Å². The third-order valence-corrected chi connectivity index (χ3v) is 5.17. The van der Waals surface area contributed by atoms with Gasteiger partial charge in [0.1, 0.15) is 11.4 Å². The molecule has 0 aliphatic carbocycles. The maximum Gasteiger partial charge on any atom is 0.267 e. The fraction of sp³-hybridized carbons (Fsp3) is 0.278. The zero-order chi connectivity index (χ0) is 19.5. The van der Waals surface area contributed by atoms with Crippen LogP contribution in [0.1, 0.15) is 16.8 Å². The van der Waals surface area contributed by atoms with Gasteiger partial charge >= 0.3 is 0 Å². The molecule has 1 atom stereocenters. The summed E-state index contributed by atoms with van der Waals surface area (Å²) in [5.41, 5.74) is 8.51. The van der Waals surface area contributed by atoms with E-state index in [1.54, 1.807) is 24.3 Å². The van der Waals surface area contributed by atoms with Crippen molar-refractivity contribution < 1.29 is 23.5 Å². The van der Waals surface area contributed by atoms with E-state index in [1.807, 2.05) is 17.0 Å². The number of nitrogens with zero attached hydrogens (tertiary/aromatic N) is 2. The van der Waals surface area contributed by atoms with Crippen molar-refractivity contribution in [3.8, 4) is 5.75 Å². The second kappa shape index (κ2) is 6.03. The molecule has 3 heterocycles. The summed E-state index contributed by atoms with van der Waals surface area (Å²) in [6.07, 6.45) is -0.308. The van der Waals surface area contributed by atoms with Crippen LogP contribution in [-0.2, 0) is 0 Å². The molecule has 3 aliphatic rings. The number of hydrogen-bond donors (Lipinski definition) is 3. The average molecular weight is 389 g/mol. The Labute approximate surface area is 158 Å². The standard InChI is InChI=1S/C18H17F2N5O3/c19-18(20)5-6-23(9-18)17(26)11-1-3-15-16(7-11)28-10-24(15)12-2-4-14-13(8-12)21-22-25(14)27/h1-4,7-8,21-22,25H,5-6,9-10H2. The quantitative estimate of drug-likeness (QED) is 0.676. The molecule has 1 fully saturated rings. The Morgan fingerprint density at radius 1 is 1.25 bits per heavy atom. The number of carbonyl (C=O) groups excluding carboxylic acids is 1. The molecule has 5 rings (SSSR count). The second-order valence-electron chi connectivity index (χ2n) is 7.03.